The fourth-order valence-corrected chi connectivity index (χ4v) is 0. The summed E-state index contributed by atoms with van der Waals surface area (Å²) in [4.78, 5) is 25.6. The average molecular weight is 266 g/mol. The van der Waals surface area contributed by atoms with Crippen LogP contribution < -0.4 is 33.5 Å². The first-order valence-corrected chi connectivity index (χ1v) is 2.19. The zero-order valence-corrected chi connectivity index (χ0v) is 7.22. The first-order chi connectivity index (χ1) is 2.00. The Morgan fingerprint density at radius 1 is 1.12 bits per heavy atom. The molecule has 0 aliphatic heterocycles. The van der Waals surface area contributed by atoms with Gasteiger partial charge in [0.25, 0.3) is 0 Å². The van der Waals surface area contributed by atoms with E-state index >= 15 is 0 Å². The Bertz CT molecular complexity index is 62.2. The van der Waals surface area contributed by atoms with E-state index in [0.717, 1.165) is 0 Å². The number of rotatable bonds is 0. The molecule has 0 bridgehead atoms. The minimum absolute atomic E-state index is 0. The zero-order chi connectivity index (χ0) is 4.50. The van der Waals surface area contributed by atoms with Crippen LogP contribution in [0.4, 0.5) is 0 Å². The molecule has 0 atom stereocenters. The smallest absolute Gasteiger partial charge is 0.822 e. The summed E-state index contributed by atoms with van der Waals surface area (Å²) >= 11 is 0. The normalized spacial score (nSPS) is 7.38. The van der Waals surface area contributed by atoms with Crippen molar-refractivity contribution in [2.24, 2.45) is 0 Å². The van der Waals surface area contributed by atoms with Gasteiger partial charge >= 0.3 is 58.3 Å². The van der Waals surface area contributed by atoms with Gasteiger partial charge in [0, 0.05) is 0 Å². The van der Waals surface area contributed by atoms with Gasteiger partial charge in [0.15, 0.2) is 0 Å². The number of phosphoric acid groups is 1. The second kappa shape index (κ2) is 8.97. The van der Waals surface area contributed by atoms with Gasteiger partial charge in [-0.3, -0.25) is 0 Å². The summed E-state index contributed by atoms with van der Waals surface area (Å²) in [5.74, 6) is 0. The molecule has 0 aromatic heterocycles. The molecule has 0 aromatic rings. The largest absolute Gasteiger partial charge is 2.00 e. The Morgan fingerprint density at radius 3 is 1.12 bits per heavy atom. The first-order valence-electron chi connectivity index (χ1n) is 0.730. The molecule has 0 unspecified atom stereocenters. The van der Waals surface area contributed by atoms with Gasteiger partial charge in [0.1, 0.15) is 0 Å². The predicted molar refractivity (Wildman–Crippen MR) is 7.61 cm³/mol. The molecule has 0 spiro atoms. The maximum Gasteiger partial charge on any atom is 2.00 e. The first kappa shape index (κ1) is 22.5. The van der Waals surface area contributed by atoms with E-state index in [9.17, 15) is 0 Å². The van der Waals surface area contributed by atoms with Gasteiger partial charge in [0.05, 0.1) is 0 Å². The Morgan fingerprint density at radius 2 is 1.12 bits per heavy atom. The van der Waals surface area contributed by atoms with E-state index in [1.165, 1.54) is 0 Å². The third-order valence-corrected chi connectivity index (χ3v) is 0. The minimum Gasteiger partial charge on any atom is -0.822 e. The summed E-state index contributed by atoms with van der Waals surface area (Å²) in [6.07, 6.45) is 0. The third-order valence-electron chi connectivity index (χ3n) is 0. The van der Waals surface area contributed by atoms with Crippen LogP contribution >= 0.6 is 7.82 Å². The topological polar surface area (TPSA) is 86.2 Å². The van der Waals surface area contributed by atoms with Gasteiger partial charge in [-0.05, 0) is 0 Å². The summed E-state index contributed by atoms with van der Waals surface area (Å²) < 4.78 is 8.55. The quantitative estimate of drug-likeness (QED) is 0.323. The van der Waals surface area contributed by atoms with Crippen LogP contribution in [-0.4, -0.2) is 0 Å². The molecule has 0 heterocycles. The van der Waals surface area contributed by atoms with E-state index in [0.29, 0.717) is 0 Å². The Hall–Kier alpha value is 1.97. The molecule has 0 aliphatic rings. The van der Waals surface area contributed by atoms with Gasteiger partial charge in [-0.25, -0.2) is 0 Å². The van der Waals surface area contributed by atoms with Crippen molar-refractivity contribution >= 4 is 7.82 Å². The van der Waals surface area contributed by atoms with E-state index in [1.807, 2.05) is 0 Å². The van der Waals surface area contributed by atoms with Gasteiger partial charge < -0.3 is 19.2 Å². The van der Waals surface area contributed by atoms with Gasteiger partial charge in [-0.1, -0.05) is 0 Å². The van der Waals surface area contributed by atoms with Crippen LogP contribution in [0.15, 0.2) is 0 Å². The second-order valence-electron chi connectivity index (χ2n) is 0.447. The molecule has 0 fully saturated rings. The van der Waals surface area contributed by atoms with Crippen molar-refractivity contribution in [2.45, 2.75) is 0 Å². The fourth-order valence-electron chi connectivity index (χ4n) is 0. The molecule has 0 aliphatic carbocycles. The molecule has 8 heavy (non-hydrogen) atoms. The van der Waals surface area contributed by atoms with Crippen LogP contribution in [0, 0.1) is 0 Å². The molecule has 0 amide bonds. The Balaban J connectivity index is -0.0000000267. The molecule has 0 saturated heterocycles. The molecule has 0 N–H and O–H groups in total. The maximum atomic E-state index is 8.55. The molecular formula is AgFeLiO4P+. The van der Waals surface area contributed by atoms with Crippen molar-refractivity contribution in [3.63, 3.8) is 0 Å². The molecule has 0 saturated carbocycles. The number of hydrogen-bond donors (Lipinski definition) is 0. The Kier molecular flexibility index (Phi) is 25.2. The van der Waals surface area contributed by atoms with Crippen LogP contribution in [0.25, 0.3) is 0 Å². The van der Waals surface area contributed by atoms with E-state index in [4.69, 9.17) is 19.2 Å². The van der Waals surface area contributed by atoms with Crippen molar-refractivity contribution in [2.75, 3.05) is 0 Å². The standard InChI is InChI=1S/Ag.Fe.Li.H3O4P/c;;;1-5(2,3)4/h;;;(H3,1,2,3,4)/q+1;+2;+1;/p-3. The zero-order valence-electron chi connectivity index (χ0n) is 3.74. The summed E-state index contributed by atoms with van der Waals surface area (Å²) in [6.45, 7) is 0. The van der Waals surface area contributed by atoms with Gasteiger partial charge in [-0.2, -0.15) is 7.82 Å². The number of hydrogen-bond acceptors (Lipinski definition) is 4. The average Bonchev–Trinajstić information content (AvgIpc) is 0.722. The molecule has 0 aromatic carbocycles. The van der Waals surface area contributed by atoms with Crippen LogP contribution in [0.1, 0.15) is 0 Å². The van der Waals surface area contributed by atoms with Crippen molar-refractivity contribution in [3.05, 3.63) is 0 Å². The monoisotopic (exact) mass is 265 g/mol. The van der Waals surface area contributed by atoms with E-state index < -0.39 is 7.82 Å². The molecule has 48 valence electrons. The van der Waals surface area contributed by atoms with Crippen molar-refractivity contribution < 1.29 is 77.6 Å². The SMILES string of the molecule is O=P([O-])([O-])[O-].[Ag+].[Fe+2].[Li+]. The second-order valence-corrected chi connectivity index (χ2v) is 1.34. The molecule has 4 nitrogen and oxygen atoms in total. The van der Waals surface area contributed by atoms with Crippen LogP contribution in [0.2, 0.25) is 0 Å². The molecular weight excluding hydrogens is 266 g/mol. The summed E-state index contributed by atoms with van der Waals surface area (Å²) in [5.41, 5.74) is 0. The van der Waals surface area contributed by atoms with Crippen molar-refractivity contribution in [1.29, 1.82) is 0 Å². The molecule has 0 rings (SSSR count). The van der Waals surface area contributed by atoms with Crippen LogP contribution in [0.3, 0.4) is 0 Å². The van der Waals surface area contributed by atoms with E-state index in [-0.39, 0.29) is 58.3 Å². The van der Waals surface area contributed by atoms with Crippen molar-refractivity contribution in [1.82, 2.24) is 0 Å². The minimum atomic E-state index is -5.39. The summed E-state index contributed by atoms with van der Waals surface area (Å²) in [7, 11) is -5.39. The van der Waals surface area contributed by atoms with Gasteiger partial charge in [0.2, 0.25) is 0 Å². The van der Waals surface area contributed by atoms with Gasteiger partial charge in [-0.15, -0.1) is 0 Å². The van der Waals surface area contributed by atoms with Crippen LogP contribution in [0.5, 0.6) is 0 Å². The van der Waals surface area contributed by atoms with E-state index in [1.54, 1.807) is 0 Å². The van der Waals surface area contributed by atoms with E-state index in [2.05, 4.69) is 0 Å². The van der Waals surface area contributed by atoms with Crippen molar-refractivity contribution in [3.8, 4) is 0 Å². The molecule has 0 radical (unpaired) electrons. The summed E-state index contributed by atoms with van der Waals surface area (Å²) in [5, 5.41) is 0. The fraction of sp³-hybridized carbons (Fsp3) is 0. The summed E-state index contributed by atoms with van der Waals surface area (Å²) in [6, 6.07) is 0. The maximum absolute atomic E-state index is 8.55. The van der Waals surface area contributed by atoms with Crippen LogP contribution in [-0.2, 0) is 44.0 Å². The predicted octanol–water partition coefficient (Wildman–Crippen LogP) is -5.83. The molecule has 8 heteroatoms. The Labute approximate surface area is 84.8 Å². The third kappa shape index (κ3) is 99.9.